The molecule has 1 saturated carbocycles. The van der Waals surface area contributed by atoms with Gasteiger partial charge in [-0.3, -0.25) is 4.90 Å². The second-order valence-corrected chi connectivity index (χ2v) is 8.89. The summed E-state index contributed by atoms with van der Waals surface area (Å²) >= 11 is 0. The third kappa shape index (κ3) is 5.02. The Morgan fingerprint density at radius 2 is 1.62 bits per heavy atom. The smallest absolute Gasteiger partial charge is 0.125 e. The van der Waals surface area contributed by atoms with Gasteiger partial charge in [0.1, 0.15) is 12.4 Å². The summed E-state index contributed by atoms with van der Waals surface area (Å²) < 4.78 is 6.26. The van der Waals surface area contributed by atoms with Gasteiger partial charge >= 0.3 is 0 Å². The maximum atomic E-state index is 6.26. The van der Waals surface area contributed by atoms with E-state index in [-0.39, 0.29) is 0 Å². The predicted octanol–water partition coefficient (Wildman–Crippen LogP) is 5.41. The first-order valence-electron chi connectivity index (χ1n) is 11.4. The molecular formula is C26H36N2O. The SMILES string of the molecule is Cc1cc([C@@H](C2CCCCC2)N2CCNCC2)cc(C)c1OCc1ccccc1. The molecule has 1 saturated heterocycles. The molecule has 0 bridgehead atoms. The first-order chi connectivity index (χ1) is 14.2. The molecule has 4 rings (SSSR count). The number of piperazine rings is 1. The molecule has 3 heteroatoms. The molecule has 1 atom stereocenters. The normalized spacial score (nSPS) is 19.8. The van der Waals surface area contributed by atoms with E-state index >= 15 is 0 Å². The first kappa shape index (κ1) is 20.4. The van der Waals surface area contributed by atoms with Crippen molar-refractivity contribution in [2.75, 3.05) is 26.2 Å². The molecule has 2 aromatic carbocycles. The van der Waals surface area contributed by atoms with Crippen LogP contribution in [0.2, 0.25) is 0 Å². The number of rotatable bonds is 6. The van der Waals surface area contributed by atoms with Crippen molar-refractivity contribution in [2.45, 2.75) is 58.6 Å². The molecule has 2 fully saturated rings. The lowest BCUT2D eigenvalue weighted by Crippen LogP contribution is -2.47. The summed E-state index contributed by atoms with van der Waals surface area (Å²) in [4.78, 5) is 2.74. The molecule has 0 spiro atoms. The van der Waals surface area contributed by atoms with E-state index in [9.17, 15) is 0 Å². The van der Waals surface area contributed by atoms with Crippen molar-refractivity contribution in [3.8, 4) is 5.75 Å². The average Bonchev–Trinajstić information content (AvgIpc) is 2.76. The van der Waals surface area contributed by atoms with Crippen molar-refractivity contribution in [2.24, 2.45) is 5.92 Å². The van der Waals surface area contributed by atoms with E-state index < -0.39 is 0 Å². The standard InChI is InChI=1S/C26H36N2O/c1-20-17-24(18-21(2)26(20)29-19-22-9-5-3-6-10-22)25(23-11-7-4-8-12-23)28-15-13-27-14-16-28/h3,5-6,9-10,17-18,23,25,27H,4,7-8,11-16,19H2,1-2H3/t25-/m1/s1. The van der Waals surface area contributed by atoms with E-state index in [4.69, 9.17) is 4.74 Å². The van der Waals surface area contributed by atoms with Crippen LogP contribution in [0.3, 0.4) is 0 Å². The van der Waals surface area contributed by atoms with Crippen LogP contribution in [-0.2, 0) is 6.61 Å². The Morgan fingerprint density at radius 1 is 0.966 bits per heavy atom. The van der Waals surface area contributed by atoms with Gasteiger partial charge in [-0.05, 0) is 54.9 Å². The summed E-state index contributed by atoms with van der Waals surface area (Å²) in [5, 5.41) is 3.53. The fourth-order valence-corrected chi connectivity index (χ4v) is 5.30. The molecule has 0 aromatic heterocycles. The van der Waals surface area contributed by atoms with Crippen LogP contribution < -0.4 is 10.1 Å². The number of nitrogens with zero attached hydrogens (tertiary/aromatic N) is 1. The van der Waals surface area contributed by atoms with Gasteiger partial charge in [0, 0.05) is 32.2 Å². The van der Waals surface area contributed by atoms with Crippen molar-refractivity contribution >= 4 is 0 Å². The lowest BCUT2D eigenvalue weighted by Gasteiger charge is -2.41. The van der Waals surface area contributed by atoms with Crippen LogP contribution in [-0.4, -0.2) is 31.1 Å². The third-order valence-corrected chi connectivity index (χ3v) is 6.69. The van der Waals surface area contributed by atoms with Gasteiger partial charge in [-0.25, -0.2) is 0 Å². The number of nitrogens with one attached hydrogen (secondary N) is 1. The molecule has 1 N–H and O–H groups in total. The van der Waals surface area contributed by atoms with Crippen LogP contribution in [0.15, 0.2) is 42.5 Å². The largest absolute Gasteiger partial charge is 0.488 e. The van der Waals surface area contributed by atoms with E-state index in [1.165, 1.54) is 54.4 Å². The summed E-state index contributed by atoms with van der Waals surface area (Å²) in [7, 11) is 0. The fourth-order valence-electron chi connectivity index (χ4n) is 5.30. The van der Waals surface area contributed by atoms with Gasteiger partial charge in [0.15, 0.2) is 0 Å². The van der Waals surface area contributed by atoms with Crippen LogP contribution in [0.5, 0.6) is 5.75 Å². The predicted molar refractivity (Wildman–Crippen MR) is 120 cm³/mol. The van der Waals surface area contributed by atoms with Gasteiger partial charge in [-0.2, -0.15) is 0 Å². The molecule has 29 heavy (non-hydrogen) atoms. The minimum absolute atomic E-state index is 0.554. The second kappa shape index (κ2) is 9.77. The summed E-state index contributed by atoms with van der Waals surface area (Å²) in [5.41, 5.74) is 5.26. The molecule has 3 nitrogen and oxygen atoms in total. The molecule has 2 aromatic rings. The maximum Gasteiger partial charge on any atom is 0.125 e. The Balaban J connectivity index is 1.57. The highest BCUT2D eigenvalue weighted by atomic mass is 16.5. The Labute approximate surface area is 176 Å². The molecule has 1 aliphatic heterocycles. The average molecular weight is 393 g/mol. The molecular weight excluding hydrogens is 356 g/mol. The van der Waals surface area contributed by atoms with E-state index in [0.29, 0.717) is 12.6 Å². The molecule has 0 radical (unpaired) electrons. The Kier molecular flexibility index (Phi) is 6.89. The van der Waals surface area contributed by atoms with Crippen molar-refractivity contribution in [3.05, 3.63) is 64.7 Å². The summed E-state index contributed by atoms with van der Waals surface area (Å²) in [6, 6.07) is 15.8. The lowest BCUT2D eigenvalue weighted by atomic mass is 9.79. The summed E-state index contributed by atoms with van der Waals surface area (Å²) in [6.45, 7) is 9.60. The number of hydrogen-bond acceptors (Lipinski definition) is 3. The van der Waals surface area contributed by atoms with E-state index in [2.05, 4.69) is 66.5 Å². The van der Waals surface area contributed by atoms with Crippen LogP contribution in [0.4, 0.5) is 0 Å². The third-order valence-electron chi connectivity index (χ3n) is 6.69. The zero-order valence-corrected chi connectivity index (χ0v) is 18.1. The first-order valence-corrected chi connectivity index (χ1v) is 11.4. The molecule has 156 valence electrons. The highest BCUT2D eigenvalue weighted by molar-refractivity contribution is 5.44. The van der Waals surface area contributed by atoms with Crippen molar-refractivity contribution < 1.29 is 4.74 Å². The van der Waals surface area contributed by atoms with Crippen LogP contribution in [0.25, 0.3) is 0 Å². The minimum Gasteiger partial charge on any atom is -0.488 e. The lowest BCUT2D eigenvalue weighted by molar-refractivity contribution is 0.103. The van der Waals surface area contributed by atoms with Crippen LogP contribution >= 0.6 is 0 Å². The van der Waals surface area contributed by atoms with Gasteiger partial charge in [0.25, 0.3) is 0 Å². The molecule has 1 heterocycles. The number of ether oxygens (including phenoxy) is 1. The maximum absolute atomic E-state index is 6.26. The van der Waals surface area contributed by atoms with Crippen molar-refractivity contribution in [1.82, 2.24) is 10.2 Å². The Bertz CT molecular complexity index is 736. The molecule has 0 unspecified atom stereocenters. The Hall–Kier alpha value is -1.84. The van der Waals surface area contributed by atoms with E-state index in [0.717, 1.165) is 37.8 Å². The number of hydrogen-bond donors (Lipinski definition) is 1. The molecule has 2 aliphatic rings. The van der Waals surface area contributed by atoms with Gasteiger partial charge in [-0.15, -0.1) is 0 Å². The minimum atomic E-state index is 0.554. The fraction of sp³-hybridized carbons (Fsp3) is 0.538. The van der Waals surface area contributed by atoms with Gasteiger partial charge in [0.05, 0.1) is 0 Å². The monoisotopic (exact) mass is 392 g/mol. The summed E-state index contributed by atoms with van der Waals surface area (Å²) in [5.74, 6) is 1.84. The van der Waals surface area contributed by atoms with Crippen molar-refractivity contribution in [1.29, 1.82) is 0 Å². The zero-order chi connectivity index (χ0) is 20.1. The van der Waals surface area contributed by atoms with Crippen LogP contribution in [0, 0.1) is 19.8 Å². The number of aryl methyl sites for hydroxylation is 2. The molecule has 1 aliphatic carbocycles. The number of benzene rings is 2. The quantitative estimate of drug-likeness (QED) is 0.711. The van der Waals surface area contributed by atoms with Crippen molar-refractivity contribution in [3.63, 3.8) is 0 Å². The van der Waals surface area contributed by atoms with Gasteiger partial charge < -0.3 is 10.1 Å². The Morgan fingerprint density at radius 3 is 2.28 bits per heavy atom. The van der Waals surface area contributed by atoms with E-state index in [1.54, 1.807) is 0 Å². The van der Waals surface area contributed by atoms with Gasteiger partial charge in [0.2, 0.25) is 0 Å². The second-order valence-electron chi connectivity index (χ2n) is 8.89. The topological polar surface area (TPSA) is 24.5 Å². The highest BCUT2D eigenvalue weighted by Gasteiger charge is 2.31. The summed E-state index contributed by atoms with van der Waals surface area (Å²) in [6.07, 6.45) is 6.94. The highest BCUT2D eigenvalue weighted by Crippen LogP contribution is 2.40. The van der Waals surface area contributed by atoms with E-state index in [1.807, 2.05) is 0 Å². The molecule has 0 amide bonds. The van der Waals surface area contributed by atoms with Crippen LogP contribution in [0.1, 0.15) is 60.4 Å². The van der Waals surface area contributed by atoms with Gasteiger partial charge in [-0.1, -0.05) is 61.7 Å². The zero-order valence-electron chi connectivity index (χ0n) is 18.1.